The second-order valence-corrected chi connectivity index (χ2v) is 4.63. The Morgan fingerprint density at radius 1 is 1.45 bits per heavy atom. The van der Waals surface area contributed by atoms with E-state index in [0.29, 0.717) is 12.2 Å². The quantitative estimate of drug-likeness (QED) is 0.865. The number of benzene rings is 1. The molecule has 0 radical (unpaired) electrons. The molecule has 0 bridgehead atoms. The topological polar surface area (TPSA) is 79.9 Å². The second-order valence-electron chi connectivity index (χ2n) is 4.63. The van der Waals surface area contributed by atoms with Crippen molar-refractivity contribution in [2.75, 3.05) is 7.11 Å². The van der Waals surface area contributed by atoms with Gasteiger partial charge in [0.1, 0.15) is 11.6 Å². The van der Waals surface area contributed by atoms with Crippen LogP contribution in [0.3, 0.4) is 0 Å². The number of hydrogen-bond acceptors (Lipinski definition) is 4. The Labute approximate surface area is 117 Å². The largest absolute Gasteiger partial charge is 0.496 e. The van der Waals surface area contributed by atoms with Crippen molar-refractivity contribution < 1.29 is 9.53 Å². The molecule has 1 aromatic carbocycles. The number of amides is 1. The standard InChI is InChI=1S/C14H18N4O2/c1-9(8-11-6-4-5-7-12(11)20-3)15-14(19)13-16-10(2)17-18-13/h4-7,9H,8H2,1-3H3,(H,15,19)(H,16,17,18). The third-order valence-electron chi connectivity index (χ3n) is 2.90. The highest BCUT2D eigenvalue weighted by atomic mass is 16.5. The number of aromatic amines is 1. The van der Waals surface area contributed by atoms with Gasteiger partial charge in [0.15, 0.2) is 0 Å². The lowest BCUT2D eigenvalue weighted by Crippen LogP contribution is -2.34. The lowest BCUT2D eigenvalue weighted by Gasteiger charge is -2.14. The van der Waals surface area contributed by atoms with Gasteiger partial charge < -0.3 is 10.1 Å². The minimum Gasteiger partial charge on any atom is -0.496 e. The molecule has 2 N–H and O–H groups in total. The first-order valence-electron chi connectivity index (χ1n) is 6.42. The van der Waals surface area contributed by atoms with Gasteiger partial charge in [0.2, 0.25) is 5.82 Å². The number of para-hydroxylation sites is 1. The van der Waals surface area contributed by atoms with Crippen LogP contribution in [0.1, 0.15) is 28.9 Å². The van der Waals surface area contributed by atoms with Crippen LogP contribution in [0.4, 0.5) is 0 Å². The van der Waals surface area contributed by atoms with Gasteiger partial charge in [0.05, 0.1) is 7.11 Å². The van der Waals surface area contributed by atoms with Gasteiger partial charge in [-0.3, -0.25) is 9.89 Å². The van der Waals surface area contributed by atoms with Crippen molar-refractivity contribution >= 4 is 5.91 Å². The zero-order chi connectivity index (χ0) is 14.5. The lowest BCUT2D eigenvalue weighted by molar-refractivity contribution is 0.0930. The second kappa shape index (κ2) is 6.18. The molecule has 0 saturated carbocycles. The Bertz CT molecular complexity index is 594. The normalized spacial score (nSPS) is 11.9. The predicted molar refractivity (Wildman–Crippen MR) is 74.7 cm³/mol. The van der Waals surface area contributed by atoms with E-state index in [1.54, 1.807) is 14.0 Å². The molecule has 0 aliphatic heterocycles. The third kappa shape index (κ3) is 3.34. The number of hydrogen-bond donors (Lipinski definition) is 2. The van der Waals surface area contributed by atoms with Crippen LogP contribution in [0.25, 0.3) is 0 Å². The molecule has 0 saturated heterocycles. The molecule has 1 aromatic heterocycles. The summed E-state index contributed by atoms with van der Waals surface area (Å²) in [5, 5.41) is 9.36. The number of H-pyrrole nitrogens is 1. The van der Waals surface area contributed by atoms with E-state index in [9.17, 15) is 4.79 Å². The summed E-state index contributed by atoms with van der Waals surface area (Å²) in [7, 11) is 1.64. The SMILES string of the molecule is COc1ccccc1CC(C)NC(=O)c1n[nH]c(C)n1. The molecule has 0 aliphatic rings. The van der Waals surface area contributed by atoms with Crippen molar-refractivity contribution in [3.8, 4) is 5.75 Å². The van der Waals surface area contributed by atoms with Gasteiger partial charge in [-0.25, -0.2) is 4.98 Å². The lowest BCUT2D eigenvalue weighted by atomic mass is 10.1. The number of nitrogens with zero attached hydrogens (tertiary/aromatic N) is 2. The summed E-state index contributed by atoms with van der Waals surface area (Å²) in [6, 6.07) is 7.71. The van der Waals surface area contributed by atoms with Gasteiger partial charge in [-0.05, 0) is 31.9 Å². The van der Waals surface area contributed by atoms with Crippen molar-refractivity contribution in [3.63, 3.8) is 0 Å². The van der Waals surface area contributed by atoms with E-state index in [1.165, 1.54) is 0 Å². The van der Waals surface area contributed by atoms with E-state index in [2.05, 4.69) is 20.5 Å². The highest BCUT2D eigenvalue weighted by Gasteiger charge is 2.15. The number of methoxy groups -OCH3 is 1. The molecule has 1 heterocycles. The molecule has 1 amide bonds. The number of nitrogens with one attached hydrogen (secondary N) is 2. The van der Waals surface area contributed by atoms with Crippen LogP contribution in [0, 0.1) is 6.92 Å². The van der Waals surface area contributed by atoms with Crippen molar-refractivity contribution in [1.82, 2.24) is 20.5 Å². The van der Waals surface area contributed by atoms with Gasteiger partial charge in [-0.2, -0.15) is 0 Å². The molecule has 20 heavy (non-hydrogen) atoms. The number of carbonyl (C=O) groups excluding carboxylic acids is 1. The number of aryl methyl sites for hydroxylation is 1. The number of aromatic nitrogens is 3. The molecule has 1 unspecified atom stereocenters. The van der Waals surface area contributed by atoms with Crippen LogP contribution in [0.15, 0.2) is 24.3 Å². The third-order valence-corrected chi connectivity index (χ3v) is 2.90. The van der Waals surface area contributed by atoms with Crippen molar-refractivity contribution in [1.29, 1.82) is 0 Å². The van der Waals surface area contributed by atoms with E-state index >= 15 is 0 Å². The summed E-state index contributed by atoms with van der Waals surface area (Å²) in [5.74, 6) is 1.32. The van der Waals surface area contributed by atoms with Crippen LogP contribution in [-0.2, 0) is 6.42 Å². The van der Waals surface area contributed by atoms with E-state index in [0.717, 1.165) is 11.3 Å². The zero-order valence-corrected chi connectivity index (χ0v) is 11.8. The number of ether oxygens (including phenoxy) is 1. The average molecular weight is 274 g/mol. The Morgan fingerprint density at radius 3 is 2.85 bits per heavy atom. The maximum absolute atomic E-state index is 11.9. The van der Waals surface area contributed by atoms with Crippen LogP contribution in [-0.4, -0.2) is 34.2 Å². The van der Waals surface area contributed by atoms with Gasteiger partial charge >= 0.3 is 0 Å². The van der Waals surface area contributed by atoms with E-state index in [4.69, 9.17) is 4.74 Å². The van der Waals surface area contributed by atoms with Gasteiger partial charge in [-0.1, -0.05) is 18.2 Å². The number of carbonyl (C=O) groups is 1. The molecule has 106 valence electrons. The molecular weight excluding hydrogens is 256 g/mol. The Morgan fingerprint density at radius 2 is 2.20 bits per heavy atom. The smallest absolute Gasteiger partial charge is 0.291 e. The van der Waals surface area contributed by atoms with Crippen LogP contribution < -0.4 is 10.1 Å². The van der Waals surface area contributed by atoms with Crippen LogP contribution in [0.2, 0.25) is 0 Å². The highest BCUT2D eigenvalue weighted by Crippen LogP contribution is 2.18. The first kappa shape index (κ1) is 14.0. The maximum Gasteiger partial charge on any atom is 0.291 e. The Balaban J connectivity index is 1.98. The van der Waals surface area contributed by atoms with Crippen molar-refractivity contribution in [2.24, 2.45) is 0 Å². The molecular formula is C14H18N4O2. The monoisotopic (exact) mass is 274 g/mol. The summed E-state index contributed by atoms with van der Waals surface area (Å²) in [6.45, 7) is 3.69. The fraction of sp³-hybridized carbons (Fsp3) is 0.357. The van der Waals surface area contributed by atoms with Crippen molar-refractivity contribution in [2.45, 2.75) is 26.3 Å². The van der Waals surface area contributed by atoms with Gasteiger partial charge in [0, 0.05) is 6.04 Å². The molecule has 2 rings (SSSR count). The summed E-state index contributed by atoms with van der Waals surface area (Å²) in [4.78, 5) is 15.9. The van der Waals surface area contributed by atoms with E-state index in [1.807, 2.05) is 31.2 Å². The maximum atomic E-state index is 11.9. The predicted octanol–water partition coefficient (Wildman–Crippen LogP) is 1.48. The number of rotatable bonds is 5. The summed E-state index contributed by atoms with van der Waals surface area (Å²) in [6.07, 6.45) is 0.680. The first-order valence-corrected chi connectivity index (χ1v) is 6.42. The zero-order valence-electron chi connectivity index (χ0n) is 11.8. The van der Waals surface area contributed by atoms with E-state index < -0.39 is 0 Å². The summed E-state index contributed by atoms with van der Waals surface area (Å²) < 4.78 is 5.30. The van der Waals surface area contributed by atoms with Crippen LogP contribution in [0.5, 0.6) is 5.75 Å². The Kier molecular flexibility index (Phi) is 4.34. The fourth-order valence-corrected chi connectivity index (χ4v) is 1.99. The molecule has 2 aromatic rings. The molecule has 6 nitrogen and oxygen atoms in total. The van der Waals surface area contributed by atoms with Crippen LogP contribution >= 0.6 is 0 Å². The van der Waals surface area contributed by atoms with E-state index in [-0.39, 0.29) is 17.8 Å². The fourth-order valence-electron chi connectivity index (χ4n) is 1.99. The molecule has 0 spiro atoms. The minimum atomic E-state index is -0.281. The molecule has 0 aliphatic carbocycles. The minimum absolute atomic E-state index is 0.0439. The highest BCUT2D eigenvalue weighted by molar-refractivity contribution is 5.90. The molecule has 0 fully saturated rings. The summed E-state index contributed by atoms with van der Waals surface area (Å²) in [5.41, 5.74) is 1.05. The van der Waals surface area contributed by atoms with Gasteiger partial charge in [-0.15, -0.1) is 5.10 Å². The molecule has 1 atom stereocenters. The van der Waals surface area contributed by atoms with Gasteiger partial charge in [0.25, 0.3) is 5.91 Å². The molecule has 6 heteroatoms. The Hall–Kier alpha value is -2.37. The first-order chi connectivity index (χ1) is 9.60. The summed E-state index contributed by atoms with van der Waals surface area (Å²) >= 11 is 0. The average Bonchev–Trinajstić information content (AvgIpc) is 2.86. The van der Waals surface area contributed by atoms with Crippen molar-refractivity contribution in [3.05, 3.63) is 41.5 Å².